The lowest BCUT2D eigenvalue weighted by atomic mass is 9.94. The Bertz CT molecular complexity index is 565. The molecule has 1 aromatic rings. The minimum Gasteiger partial charge on any atom is -0.468 e. The summed E-state index contributed by atoms with van der Waals surface area (Å²) in [5, 5.41) is 5.93. The number of rotatable bonds is 7. The van der Waals surface area contributed by atoms with Crippen LogP contribution < -0.4 is 10.6 Å². The van der Waals surface area contributed by atoms with E-state index < -0.39 is 29.2 Å². The molecule has 1 amide bonds. The number of alkyl carbamates (subject to hydrolysis) is 1. The molecule has 0 heterocycles. The van der Waals surface area contributed by atoms with Gasteiger partial charge in [0.1, 0.15) is 11.6 Å². The van der Waals surface area contributed by atoms with Crippen molar-refractivity contribution >= 4 is 12.1 Å². The number of benzene rings is 1. The second kappa shape index (κ2) is 8.85. The van der Waals surface area contributed by atoms with Gasteiger partial charge in [-0.25, -0.2) is 4.79 Å². The molecule has 25 heavy (non-hydrogen) atoms. The molecule has 1 rings (SSSR count). The number of methoxy groups -OCH3 is 1. The normalized spacial score (nSPS) is 13.0. The Morgan fingerprint density at radius 3 is 2.20 bits per heavy atom. The zero-order valence-electron chi connectivity index (χ0n) is 16.0. The highest BCUT2D eigenvalue weighted by atomic mass is 16.6. The summed E-state index contributed by atoms with van der Waals surface area (Å²) >= 11 is 0. The summed E-state index contributed by atoms with van der Waals surface area (Å²) in [5.41, 5.74) is -0.329. The van der Waals surface area contributed by atoms with Gasteiger partial charge in [-0.3, -0.25) is 4.79 Å². The van der Waals surface area contributed by atoms with Crippen LogP contribution in [0.4, 0.5) is 4.79 Å². The van der Waals surface area contributed by atoms with Gasteiger partial charge in [-0.2, -0.15) is 0 Å². The van der Waals surface area contributed by atoms with Crippen LogP contribution in [0.15, 0.2) is 30.3 Å². The van der Waals surface area contributed by atoms with Crippen molar-refractivity contribution in [2.24, 2.45) is 0 Å². The molecular weight excluding hydrogens is 320 g/mol. The largest absolute Gasteiger partial charge is 0.468 e. The lowest BCUT2D eigenvalue weighted by Crippen LogP contribution is -2.62. The molecule has 6 nitrogen and oxygen atoms in total. The molecule has 1 aromatic carbocycles. The van der Waals surface area contributed by atoms with Crippen LogP contribution in [0, 0.1) is 0 Å². The van der Waals surface area contributed by atoms with Gasteiger partial charge in [0.25, 0.3) is 0 Å². The minimum atomic E-state index is -0.883. The van der Waals surface area contributed by atoms with E-state index in [-0.39, 0.29) is 0 Å². The number of amides is 1. The summed E-state index contributed by atoms with van der Waals surface area (Å²) < 4.78 is 10.2. The number of ether oxygens (including phenoxy) is 2. The van der Waals surface area contributed by atoms with Gasteiger partial charge in [0.15, 0.2) is 0 Å². The number of esters is 1. The van der Waals surface area contributed by atoms with Crippen LogP contribution in [0.5, 0.6) is 0 Å². The molecule has 1 atom stereocenters. The third-order valence-corrected chi connectivity index (χ3v) is 3.59. The Balaban J connectivity index is 2.71. The molecule has 0 spiro atoms. The maximum Gasteiger partial charge on any atom is 0.408 e. The molecule has 0 unspecified atom stereocenters. The zero-order chi connectivity index (χ0) is 19.1. The number of hydrogen-bond acceptors (Lipinski definition) is 5. The van der Waals surface area contributed by atoms with Crippen molar-refractivity contribution < 1.29 is 19.1 Å². The average molecular weight is 350 g/mol. The van der Waals surface area contributed by atoms with Crippen LogP contribution in [0.2, 0.25) is 0 Å². The molecule has 0 radical (unpaired) electrons. The van der Waals surface area contributed by atoms with Crippen LogP contribution in [0.3, 0.4) is 0 Å². The SMILES string of the molecule is COC(=O)[C@@H](NCCc1ccccc1)C(C)(C)NC(=O)OC(C)(C)C. The van der Waals surface area contributed by atoms with Crippen LogP contribution in [0.25, 0.3) is 0 Å². The number of carbonyl (C=O) groups is 2. The Kier molecular flexibility index (Phi) is 7.42. The van der Waals surface area contributed by atoms with Crippen molar-refractivity contribution in [3.05, 3.63) is 35.9 Å². The third-order valence-electron chi connectivity index (χ3n) is 3.59. The van der Waals surface area contributed by atoms with Gasteiger partial charge >= 0.3 is 12.1 Å². The first-order valence-electron chi connectivity index (χ1n) is 8.41. The fraction of sp³-hybridized carbons (Fsp3) is 0.579. The molecule has 0 aliphatic carbocycles. The van der Waals surface area contributed by atoms with Crippen molar-refractivity contribution in [2.45, 2.75) is 58.2 Å². The Hall–Kier alpha value is -2.08. The van der Waals surface area contributed by atoms with Gasteiger partial charge in [-0.1, -0.05) is 30.3 Å². The van der Waals surface area contributed by atoms with Crippen molar-refractivity contribution in [1.82, 2.24) is 10.6 Å². The van der Waals surface area contributed by atoms with E-state index in [9.17, 15) is 9.59 Å². The smallest absolute Gasteiger partial charge is 0.408 e. The van der Waals surface area contributed by atoms with E-state index in [1.807, 2.05) is 30.3 Å². The topological polar surface area (TPSA) is 76.7 Å². The van der Waals surface area contributed by atoms with E-state index in [2.05, 4.69) is 10.6 Å². The van der Waals surface area contributed by atoms with Crippen molar-refractivity contribution in [3.8, 4) is 0 Å². The highest BCUT2D eigenvalue weighted by Crippen LogP contribution is 2.14. The van der Waals surface area contributed by atoms with Crippen LogP contribution >= 0.6 is 0 Å². The predicted octanol–water partition coefficient (Wildman–Crippen LogP) is 2.66. The van der Waals surface area contributed by atoms with Gasteiger partial charge in [-0.15, -0.1) is 0 Å². The molecule has 0 aliphatic rings. The predicted molar refractivity (Wildman–Crippen MR) is 97.4 cm³/mol. The Labute approximate surface area is 150 Å². The van der Waals surface area contributed by atoms with Crippen molar-refractivity contribution in [1.29, 1.82) is 0 Å². The molecule has 0 saturated carbocycles. The van der Waals surface area contributed by atoms with E-state index >= 15 is 0 Å². The molecule has 6 heteroatoms. The number of nitrogens with one attached hydrogen (secondary N) is 2. The number of carbonyl (C=O) groups excluding carboxylic acids is 2. The molecule has 0 bridgehead atoms. The summed E-state index contributed by atoms with van der Waals surface area (Å²) in [6.45, 7) is 9.45. The standard InChI is InChI=1S/C19H30N2O4/c1-18(2,3)25-17(23)21-19(4,5)15(16(22)24-6)20-13-12-14-10-8-7-9-11-14/h7-11,15,20H,12-13H2,1-6H3,(H,21,23)/t15-/m1/s1. The molecule has 0 fully saturated rings. The molecule has 0 aliphatic heterocycles. The second-order valence-electron chi connectivity index (χ2n) is 7.49. The maximum atomic E-state index is 12.2. The van der Waals surface area contributed by atoms with Crippen molar-refractivity contribution in [3.63, 3.8) is 0 Å². The third kappa shape index (κ3) is 7.56. The summed E-state index contributed by atoms with van der Waals surface area (Å²) in [5.74, 6) is -0.436. The zero-order valence-corrected chi connectivity index (χ0v) is 16.0. The highest BCUT2D eigenvalue weighted by molar-refractivity contribution is 5.79. The monoisotopic (exact) mass is 350 g/mol. The molecule has 140 valence electrons. The summed E-state index contributed by atoms with van der Waals surface area (Å²) in [6, 6.07) is 9.26. The van der Waals surface area contributed by atoms with Gasteiger partial charge in [0.05, 0.1) is 12.6 Å². The van der Waals surface area contributed by atoms with E-state index in [0.717, 1.165) is 12.0 Å². The maximum absolute atomic E-state index is 12.2. The van der Waals surface area contributed by atoms with Crippen molar-refractivity contribution in [2.75, 3.05) is 13.7 Å². The Morgan fingerprint density at radius 2 is 1.68 bits per heavy atom. The van der Waals surface area contributed by atoms with Gasteiger partial charge in [0, 0.05) is 6.54 Å². The summed E-state index contributed by atoms with van der Waals surface area (Å²) in [4.78, 5) is 24.3. The van der Waals surface area contributed by atoms with E-state index in [1.54, 1.807) is 34.6 Å². The van der Waals surface area contributed by atoms with Gasteiger partial charge < -0.3 is 20.1 Å². The first-order chi connectivity index (χ1) is 11.5. The first-order valence-corrected chi connectivity index (χ1v) is 8.41. The second-order valence-corrected chi connectivity index (χ2v) is 7.49. The lowest BCUT2D eigenvalue weighted by molar-refractivity contribution is -0.145. The lowest BCUT2D eigenvalue weighted by Gasteiger charge is -2.34. The Morgan fingerprint density at radius 1 is 1.08 bits per heavy atom. The summed E-state index contributed by atoms with van der Waals surface area (Å²) in [6.07, 6.45) is 0.188. The molecule has 2 N–H and O–H groups in total. The van der Waals surface area contributed by atoms with E-state index in [0.29, 0.717) is 6.54 Å². The summed E-state index contributed by atoms with van der Waals surface area (Å²) in [7, 11) is 1.33. The number of hydrogen-bond donors (Lipinski definition) is 2. The van der Waals surface area contributed by atoms with E-state index in [1.165, 1.54) is 7.11 Å². The quantitative estimate of drug-likeness (QED) is 0.740. The first kappa shape index (κ1) is 21.0. The molecule has 0 aromatic heterocycles. The minimum absolute atomic E-state index is 0.436. The fourth-order valence-electron chi connectivity index (χ4n) is 2.40. The van der Waals surface area contributed by atoms with Gasteiger partial charge in [0.2, 0.25) is 0 Å². The van der Waals surface area contributed by atoms with E-state index in [4.69, 9.17) is 9.47 Å². The molecule has 0 saturated heterocycles. The fourth-order valence-corrected chi connectivity index (χ4v) is 2.40. The molecular formula is C19H30N2O4. The van der Waals surface area contributed by atoms with Gasteiger partial charge in [-0.05, 0) is 46.6 Å². The average Bonchev–Trinajstić information content (AvgIpc) is 2.49. The van der Waals surface area contributed by atoms with Crippen LogP contribution in [0.1, 0.15) is 40.2 Å². The van der Waals surface area contributed by atoms with Crippen LogP contribution in [-0.4, -0.2) is 42.9 Å². The highest BCUT2D eigenvalue weighted by Gasteiger charge is 2.38. The van der Waals surface area contributed by atoms with Crippen LogP contribution in [-0.2, 0) is 20.7 Å².